The topological polar surface area (TPSA) is 53.9 Å². The van der Waals surface area contributed by atoms with Gasteiger partial charge in [0.15, 0.2) is 12.4 Å². The first-order chi connectivity index (χ1) is 3.79. The second-order valence-corrected chi connectivity index (χ2v) is 1.33. The zero-order valence-electron chi connectivity index (χ0n) is 4.02. The van der Waals surface area contributed by atoms with Gasteiger partial charge in [-0.2, -0.15) is 0 Å². The molecular weight excluding hydrogens is 108 g/mol. The molecule has 0 aromatic carbocycles. The zero-order chi connectivity index (χ0) is 5.98. The van der Waals surface area contributed by atoms with E-state index in [1.54, 1.807) is 0 Å². The van der Waals surface area contributed by atoms with Crippen molar-refractivity contribution in [1.29, 1.82) is 0 Å². The quantitative estimate of drug-likeness (QED) is 0.317. The van der Waals surface area contributed by atoms with Crippen molar-refractivity contribution >= 4 is 0 Å². The molecule has 0 spiro atoms. The Morgan fingerprint density at radius 1 is 1.00 bits per heavy atom. The van der Waals surface area contributed by atoms with Crippen LogP contribution >= 0.6 is 0 Å². The maximum atomic E-state index is 10.2. The number of hydrogen-bond donors (Lipinski definition) is 0. The third-order valence-corrected chi connectivity index (χ3v) is 0.694. The van der Waals surface area contributed by atoms with Gasteiger partial charge in [-0.15, -0.1) is 9.46 Å². The highest BCUT2D eigenvalue weighted by Gasteiger charge is 1.89. The van der Waals surface area contributed by atoms with Crippen molar-refractivity contribution in [1.82, 2.24) is 0 Å². The number of hydrogen-bond acceptors (Lipinski definition) is 2. The van der Waals surface area contributed by atoms with E-state index in [0.717, 1.165) is 6.33 Å². The molecule has 0 unspecified atom stereocenters. The predicted octanol–water partition coefficient (Wildman–Crippen LogP) is -1.05. The average Bonchev–Trinajstić information content (AvgIpc) is 1.64. The van der Waals surface area contributed by atoms with E-state index in [9.17, 15) is 10.4 Å². The maximum Gasteiger partial charge on any atom is 0.429 e. The minimum atomic E-state index is 0.438. The lowest BCUT2D eigenvalue weighted by atomic mass is 10.7. The highest BCUT2D eigenvalue weighted by molar-refractivity contribution is 4.63. The van der Waals surface area contributed by atoms with E-state index in [0.29, 0.717) is 9.46 Å². The van der Waals surface area contributed by atoms with Crippen LogP contribution in [0, 0.1) is 10.4 Å². The van der Waals surface area contributed by atoms with Crippen molar-refractivity contribution in [2.75, 3.05) is 0 Å². The lowest BCUT2D eigenvalue weighted by Gasteiger charge is -1.92. The first-order valence-electron chi connectivity index (χ1n) is 2.06. The van der Waals surface area contributed by atoms with Gasteiger partial charge in [-0.05, 0) is 0 Å². The molecule has 42 valence electrons. The van der Waals surface area contributed by atoms with Crippen LogP contribution in [0.15, 0.2) is 24.8 Å². The van der Waals surface area contributed by atoms with Gasteiger partial charge in [-0.3, -0.25) is 0 Å². The van der Waals surface area contributed by atoms with Crippen molar-refractivity contribution in [3.8, 4) is 0 Å². The Balaban J connectivity index is 3.08. The van der Waals surface area contributed by atoms with Crippen LogP contribution in [-0.4, -0.2) is 0 Å². The lowest BCUT2D eigenvalue weighted by Crippen LogP contribution is -2.39. The smallest absolute Gasteiger partial charge is 0.429 e. The molecule has 1 aromatic heterocycles. The van der Waals surface area contributed by atoms with Crippen LogP contribution in [-0.2, 0) is 0 Å². The molecule has 0 aliphatic heterocycles. The van der Waals surface area contributed by atoms with E-state index >= 15 is 0 Å². The van der Waals surface area contributed by atoms with E-state index in [-0.39, 0.29) is 0 Å². The SMILES string of the molecule is [O-][n+]1ccc[n+]([O-])c1. The molecule has 0 N–H and O–H groups in total. The Morgan fingerprint density at radius 3 is 1.75 bits per heavy atom. The van der Waals surface area contributed by atoms with Crippen LogP contribution in [0.2, 0.25) is 0 Å². The Morgan fingerprint density at radius 2 is 1.50 bits per heavy atom. The average molecular weight is 112 g/mol. The van der Waals surface area contributed by atoms with Gasteiger partial charge in [0.05, 0.1) is 6.07 Å². The maximum absolute atomic E-state index is 10.2. The summed E-state index contributed by atoms with van der Waals surface area (Å²) in [5.74, 6) is 0. The van der Waals surface area contributed by atoms with Crippen molar-refractivity contribution in [2.45, 2.75) is 0 Å². The minimum Gasteiger partial charge on any atom is -0.614 e. The standard InChI is InChI=1S/C4H4N2O2/c7-5-2-1-3-6(8)4-5/h1-4H. The third kappa shape index (κ3) is 0.841. The second-order valence-electron chi connectivity index (χ2n) is 1.33. The van der Waals surface area contributed by atoms with Gasteiger partial charge < -0.3 is 10.4 Å². The summed E-state index contributed by atoms with van der Waals surface area (Å²) in [6.07, 6.45) is 3.38. The first-order valence-corrected chi connectivity index (χ1v) is 2.06. The zero-order valence-corrected chi connectivity index (χ0v) is 4.02. The molecule has 8 heavy (non-hydrogen) atoms. The van der Waals surface area contributed by atoms with Crippen LogP contribution in [0.5, 0.6) is 0 Å². The molecule has 0 atom stereocenters. The largest absolute Gasteiger partial charge is 0.614 e. The molecule has 1 heterocycles. The monoisotopic (exact) mass is 112 g/mol. The highest BCUT2D eigenvalue weighted by atomic mass is 16.5. The molecule has 1 rings (SSSR count). The molecule has 0 aliphatic carbocycles. The van der Waals surface area contributed by atoms with Crippen LogP contribution in [0.25, 0.3) is 0 Å². The Labute approximate surface area is 45.8 Å². The van der Waals surface area contributed by atoms with Gasteiger partial charge in [0.25, 0.3) is 0 Å². The molecule has 0 amide bonds. The fourth-order valence-electron chi connectivity index (χ4n) is 0.397. The molecule has 0 saturated carbocycles. The van der Waals surface area contributed by atoms with E-state index in [4.69, 9.17) is 0 Å². The van der Waals surface area contributed by atoms with Crippen molar-refractivity contribution in [2.24, 2.45) is 0 Å². The number of rotatable bonds is 0. The summed E-state index contributed by atoms with van der Waals surface area (Å²) in [6, 6.07) is 1.38. The minimum absolute atomic E-state index is 0.438. The lowest BCUT2D eigenvalue weighted by molar-refractivity contribution is -0.745. The molecule has 0 fully saturated rings. The Kier molecular flexibility index (Phi) is 0.997. The molecule has 1 aromatic rings. The fourth-order valence-corrected chi connectivity index (χ4v) is 0.397. The molecule has 0 bridgehead atoms. The van der Waals surface area contributed by atoms with Crippen molar-refractivity contribution < 1.29 is 9.46 Å². The van der Waals surface area contributed by atoms with E-state index in [1.807, 2.05) is 0 Å². The fraction of sp³-hybridized carbons (Fsp3) is 0. The Bertz CT molecular complexity index is 172. The Hall–Kier alpha value is -1.32. The summed E-state index contributed by atoms with van der Waals surface area (Å²) < 4.78 is 0.875. The molecular formula is C4H4N2O2. The van der Waals surface area contributed by atoms with Crippen LogP contribution in [0.3, 0.4) is 0 Å². The third-order valence-electron chi connectivity index (χ3n) is 0.694. The predicted molar refractivity (Wildman–Crippen MR) is 24.4 cm³/mol. The highest BCUT2D eigenvalue weighted by Crippen LogP contribution is 1.63. The number of nitrogens with zero attached hydrogens (tertiary/aromatic N) is 2. The van der Waals surface area contributed by atoms with E-state index in [1.165, 1.54) is 18.5 Å². The molecule has 4 nitrogen and oxygen atoms in total. The van der Waals surface area contributed by atoms with Crippen LogP contribution < -0.4 is 9.46 Å². The van der Waals surface area contributed by atoms with Crippen molar-refractivity contribution in [3.05, 3.63) is 35.2 Å². The van der Waals surface area contributed by atoms with Gasteiger partial charge in [-0.25, -0.2) is 0 Å². The molecule has 0 radical (unpaired) electrons. The second kappa shape index (κ2) is 1.65. The summed E-state index contributed by atoms with van der Waals surface area (Å²) >= 11 is 0. The number of aromatic nitrogens is 2. The van der Waals surface area contributed by atoms with E-state index in [2.05, 4.69) is 0 Å². The van der Waals surface area contributed by atoms with Crippen LogP contribution in [0.1, 0.15) is 0 Å². The van der Waals surface area contributed by atoms with Crippen molar-refractivity contribution in [3.63, 3.8) is 0 Å². The van der Waals surface area contributed by atoms with Gasteiger partial charge in [0.1, 0.15) is 0 Å². The molecule has 4 heteroatoms. The van der Waals surface area contributed by atoms with Gasteiger partial charge >= 0.3 is 6.33 Å². The van der Waals surface area contributed by atoms with Gasteiger partial charge in [-0.1, -0.05) is 0 Å². The van der Waals surface area contributed by atoms with Crippen LogP contribution in [0.4, 0.5) is 0 Å². The van der Waals surface area contributed by atoms with E-state index < -0.39 is 0 Å². The summed E-state index contributed by atoms with van der Waals surface area (Å²) in [4.78, 5) is 0. The summed E-state index contributed by atoms with van der Waals surface area (Å²) in [5.41, 5.74) is 0. The summed E-state index contributed by atoms with van der Waals surface area (Å²) in [7, 11) is 0. The first kappa shape index (κ1) is 4.83. The summed E-state index contributed by atoms with van der Waals surface area (Å²) in [5, 5.41) is 20.4. The normalized spacial score (nSPS) is 9.00. The molecule has 0 aliphatic rings. The van der Waals surface area contributed by atoms with Gasteiger partial charge in [0, 0.05) is 0 Å². The summed E-state index contributed by atoms with van der Waals surface area (Å²) in [6.45, 7) is 0. The van der Waals surface area contributed by atoms with Gasteiger partial charge in [0.2, 0.25) is 0 Å². The molecule has 0 saturated heterocycles.